The number of nitrogens with zero attached hydrogens (tertiary/aromatic N) is 2. The minimum absolute atomic E-state index is 0.102. The summed E-state index contributed by atoms with van der Waals surface area (Å²) in [5.41, 5.74) is 0.102. The van der Waals surface area contributed by atoms with E-state index in [-0.39, 0.29) is 10.5 Å². The zero-order chi connectivity index (χ0) is 13.3. The van der Waals surface area contributed by atoms with Crippen molar-refractivity contribution in [1.29, 1.82) is 0 Å². The minimum atomic E-state index is -4.41. The van der Waals surface area contributed by atoms with Gasteiger partial charge in [-0.3, -0.25) is 0 Å². The Hall–Kier alpha value is -0.850. The maximum absolute atomic E-state index is 12.3. The van der Waals surface area contributed by atoms with Gasteiger partial charge < -0.3 is 5.32 Å². The lowest BCUT2D eigenvalue weighted by Gasteiger charge is -2.27. The summed E-state index contributed by atoms with van der Waals surface area (Å²) in [6.07, 6.45) is -4.41. The maximum Gasteiger partial charge on any atom is 0.445 e. The van der Waals surface area contributed by atoms with Crippen LogP contribution in [0.3, 0.4) is 0 Å². The van der Waals surface area contributed by atoms with Gasteiger partial charge >= 0.3 is 6.18 Å². The van der Waals surface area contributed by atoms with Gasteiger partial charge in [0, 0.05) is 6.54 Å². The number of aromatic nitrogens is 2. The average Bonchev–Trinajstić information content (AvgIpc) is 2.59. The number of hydrogen-bond donors (Lipinski definition) is 1. The van der Waals surface area contributed by atoms with Crippen LogP contribution < -0.4 is 5.32 Å². The molecule has 1 atom stereocenters. The molecule has 0 aliphatic rings. The Morgan fingerprint density at radius 2 is 1.82 bits per heavy atom. The zero-order valence-corrected chi connectivity index (χ0v) is 11.0. The number of rotatable bonds is 3. The lowest BCUT2D eigenvalue weighted by Crippen LogP contribution is -2.24. The Kier molecular flexibility index (Phi) is 4.01. The Bertz CT molecular complexity index is 368. The van der Waals surface area contributed by atoms with Gasteiger partial charge in [0.25, 0.3) is 0 Å². The van der Waals surface area contributed by atoms with Crippen LogP contribution >= 0.6 is 11.3 Å². The third-order valence-corrected chi connectivity index (χ3v) is 3.63. The van der Waals surface area contributed by atoms with E-state index in [1.54, 1.807) is 0 Å². The normalized spacial score (nSPS) is 14.8. The predicted molar refractivity (Wildman–Crippen MR) is 62.0 cm³/mol. The van der Waals surface area contributed by atoms with Crippen LogP contribution in [0.5, 0.6) is 0 Å². The van der Waals surface area contributed by atoms with Crippen LogP contribution in [0.15, 0.2) is 0 Å². The third-order valence-electron chi connectivity index (χ3n) is 2.71. The Morgan fingerprint density at radius 1 is 1.24 bits per heavy atom. The van der Waals surface area contributed by atoms with Crippen LogP contribution in [0, 0.1) is 11.3 Å². The first-order chi connectivity index (χ1) is 7.60. The molecule has 0 fully saturated rings. The highest BCUT2D eigenvalue weighted by Gasteiger charge is 2.35. The lowest BCUT2D eigenvalue weighted by molar-refractivity contribution is -0.138. The van der Waals surface area contributed by atoms with Crippen LogP contribution in [0.1, 0.15) is 32.7 Å². The number of anilines is 1. The summed E-state index contributed by atoms with van der Waals surface area (Å²) < 4.78 is 36.8. The van der Waals surface area contributed by atoms with Gasteiger partial charge in [-0.1, -0.05) is 39.0 Å². The predicted octanol–water partition coefficient (Wildman–Crippen LogP) is 3.65. The molecule has 0 amide bonds. The molecule has 1 N–H and O–H groups in total. The van der Waals surface area contributed by atoms with E-state index in [2.05, 4.69) is 36.3 Å². The first-order valence-electron chi connectivity index (χ1n) is 5.25. The fraction of sp³-hybridized carbons (Fsp3) is 0.800. The fourth-order valence-corrected chi connectivity index (χ4v) is 1.57. The van der Waals surface area contributed by atoms with Gasteiger partial charge in [-0.05, 0) is 11.3 Å². The molecule has 0 bridgehead atoms. The lowest BCUT2D eigenvalue weighted by atomic mass is 9.82. The second kappa shape index (κ2) is 4.80. The Labute approximate surface area is 102 Å². The molecule has 1 heterocycles. The molecule has 1 aromatic heterocycles. The second-order valence-corrected chi connectivity index (χ2v) is 6.04. The molecule has 3 nitrogen and oxygen atoms in total. The standard InChI is InChI=1S/C10H16F3N3S/c1-6(9(2,3)4)5-14-8-16-15-7(17-8)10(11,12)13/h6H,5H2,1-4H3,(H,14,16). The molecule has 1 rings (SSSR count). The van der Waals surface area contributed by atoms with E-state index >= 15 is 0 Å². The van der Waals surface area contributed by atoms with Gasteiger partial charge in [0.05, 0.1) is 0 Å². The summed E-state index contributed by atoms with van der Waals surface area (Å²) in [5, 5.41) is 8.77. The first kappa shape index (κ1) is 14.2. The molecule has 0 radical (unpaired) electrons. The highest BCUT2D eigenvalue weighted by Crippen LogP contribution is 2.33. The van der Waals surface area contributed by atoms with Gasteiger partial charge in [0.15, 0.2) is 0 Å². The van der Waals surface area contributed by atoms with E-state index in [1.807, 2.05) is 6.92 Å². The van der Waals surface area contributed by atoms with E-state index in [4.69, 9.17) is 0 Å². The van der Waals surface area contributed by atoms with Crippen molar-refractivity contribution < 1.29 is 13.2 Å². The molecule has 1 unspecified atom stereocenters. The maximum atomic E-state index is 12.3. The van der Waals surface area contributed by atoms with Crippen LogP contribution in [0.4, 0.5) is 18.3 Å². The molecule has 0 aliphatic carbocycles. The number of halogens is 3. The summed E-state index contributed by atoms with van der Waals surface area (Å²) >= 11 is 0.534. The quantitative estimate of drug-likeness (QED) is 0.908. The van der Waals surface area contributed by atoms with Crippen molar-refractivity contribution in [1.82, 2.24) is 10.2 Å². The molecule has 0 saturated carbocycles. The minimum Gasteiger partial charge on any atom is -0.360 e. The first-order valence-corrected chi connectivity index (χ1v) is 6.07. The topological polar surface area (TPSA) is 37.8 Å². The number of alkyl halides is 3. The van der Waals surface area contributed by atoms with Crippen molar-refractivity contribution in [3.63, 3.8) is 0 Å². The number of hydrogen-bond acceptors (Lipinski definition) is 4. The van der Waals surface area contributed by atoms with Gasteiger partial charge in [-0.25, -0.2) is 0 Å². The highest BCUT2D eigenvalue weighted by molar-refractivity contribution is 7.15. The van der Waals surface area contributed by atoms with Crippen molar-refractivity contribution in [2.45, 2.75) is 33.9 Å². The van der Waals surface area contributed by atoms with E-state index in [0.29, 0.717) is 23.8 Å². The monoisotopic (exact) mass is 267 g/mol. The van der Waals surface area contributed by atoms with Gasteiger partial charge in [0.2, 0.25) is 10.1 Å². The molecule has 0 spiro atoms. The molecular formula is C10H16F3N3S. The number of nitrogens with one attached hydrogen (secondary N) is 1. The summed E-state index contributed by atoms with van der Waals surface area (Å²) in [5.74, 6) is 0.320. The van der Waals surface area contributed by atoms with E-state index in [9.17, 15) is 13.2 Å². The van der Waals surface area contributed by atoms with Crippen molar-refractivity contribution in [2.24, 2.45) is 11.3 Å². The molecule has 1 aromatic rings. The Balaban J connectivity index is 2.57. The average molecular weight is 267 g/mol. The van der Waals surface area contributed by atoms with E-state index < -0.39 is 11.2 Å². The van der Waals surface area contributed by atoms with Crippen LogP contribution in [-0.4, -0.2) is 16.7 Å². The van der Waals surface area contributed by atoms with Crippen molar-refractivity contribution in [3.8, 4) is 0 Å². The summed E-state index contributed by atoms with van der Waals surface area (Å²) in [6.45, 7) is 8.87. The fourth-order valence-electron chi connectivity index (χ4n) is 0.956. The highest BCUT2D eigenvalue weighted by atomic mass is 32.1. The van der Waals surface area contributed by atoms with E-state index in [0.717, 1.165) is 0 Å². The molecule has 17 heavy (non-hydrogen) atoms. The third kappa shape index (κ3) is 4.14. The summed E-state index contributed by atoms with van der Waals surface area (Å²) in [6, 6.07) is 0. The van der Waals surface area contributed by atoms with Crippen molar-refractivity contribution in [3.05, 3.63) is 5.01 Å². The Morgan fingerprint density at radius 3 is 2.24 bits per heavy atom. The molecule has 98 valence electrons. The van der Waals surface area contributed by atoms with Gasteiger partial charge in [0.1, 0.15) is 0 Å². The molecular weight excluding hydrogens is 251 g/mol. The van der Waals surface area contributed by atoms with Crippen LogP contribution in [0.2, 0.25) is 0 Å². The second-order valence-electron chi connectivity index (χ2n) is 5.06. The molecule has 7 heteroatoms. The van der Waals surface area contributed by atoms with Gasteiger partial charge in [-0.15, -0.1) is 10.2 Å². The zero-order valence-electron chi connectivity index (χ0n) is 10.2. The van der Waals surface area contributed by atoms with E-state index in [1.165, 1.54) is 0 Å². The molecule has 0 saturated heterocycles. The largest absolute Gasteiger partial charge is 0.445 e. The van der Waals surface area contributed by atoms with Crippen molar-refractivity contribution >= 4 is 16.5 Å². The van der Waals surface area contributed by atoms with Crippen LogP contribution in [-0.2, 0) is 6.18 Å². The summed E-state index contributed by atoms with van der Waals surface area (Å²) in [4.78, 5) is 0. The SMILES string of the molecule is CC(CNc1nnc(C(F)(F)F)s1)C(C)(C)C. The smallest absolute Gasteiger partial charge is 0.360 e. The van der Waals surface area contributed by atoms with Crippen LogP contribution in [0.25, 0.3) is 0 Å². The van der Waals surface area contributed by atoms with Crippen molar-refractivity contribution in [2.75, 3.05) is 11.9 Å². The summed E-state index contributed by atoms with van der Waals surface area (Å²) in [7, 11) is 0. The molecule has 0 aliphatic heterocycles. The van der Waals surface area contributed by atoms with Gasteiger partial charge in [-0.2, -0.15) is 13.2 Å². The molecule has 0 aromatic carbocycles.